The Labute approximate surface area is 733 Å². The normalized spacial score (nSPS) is 14.4. The maximum atomic E-state index is 14.8. The van der Waals surface area contributed by atoms with E-state index >= 15 is 0 Å². The zero-order valence-corrected chi connectivity index (χ0v) is 71.1. The van der Waals surface area contributed by atoms with Crippen molar-refractivity contribution in [2.24, 2.45) is 40.5 Å². The average Bonchev–Trinajstić information content (AvgIpc) is 0.834. The van der Waals surface area contributed by atoms with Crippen LogP contribution in [0.15, 0.2) is 48.5 Å². The highest BCUT2D eigenvalue weighted by Gasteiger charge is 2.40. The molecule has 0 aliphatic carbocycles. The third-order valence-electron chi connectivity index (χ3n) is 18.9. The van der Waals surface area contributed by atoms with Gasteiger partial charge in [-0.15, -0.1) is 0 Å². The van der Waals surface area contributed by atoms with Crippen LogP contribution in [0.2, 0.25) is 0 Å². The van der Waals surface area contributed by atoms with E-state index in [1.54, 1.807) is 13.8 Å². The molecule has 2 aromatic carbocycles. The number of aromatic hydroxyl groups is 2. The molecule has 2 aromatic rings. The highest BCUT2D eigenvalue weighted by Crippen LogP contribution is 2.17. The second kappa shape index (κ2) is 57.7. The Morgan fingerprint density at radius 1 is 0.367 bits per heavy atom. The second-order valence-corrected chi connectivity index (χ2v) is 29.7. The molecule has 0 radical (unpaired) electrons. The summed E-state index contributed by atoms with van der Waals surface area (Å²) in [5.74, 6) is -25.4. The van der Waals surface area contributed by atoms with Crippen LogP contribution < -0.4 is 124 Å². The van der Waals surface area contributed by atoms with Gasteiger partial charge in [0.05, 0.1) is 58.4 Å². The molecule has 0 heterocycles. The largest absolute Gasteiger partial charge is 0.508 e. The molecule has 0 spiro atoms. The summed E-state index contributed by atoms with van der Waals surface area (Å²) in [5, 5.41) is 137. The summed E-state index contributed by atoms with van der Waals surface area (Å²) in [6.07, 6.45) is -4.67. The number of primary amides is 1. The molecule has 2 rings (SSSR count). The van der Waals surface area contributed by atoms with Crippen molar-refractivity contribution in [3.05, 3.63) is 59.7 Å². The smallest absolute Gasteiger partial charge is 0.322 e. The predicted molar refractivity (Wildman–Crippen MR) is 449 cm³/mol. The lowest BCUT2D eigenvalue weighted by molar-refractivity contribution is -0.142. The van der Waals surface area contributed by atoms with E-state index in [1.807, 2.05) is 5.32 Å². The fourth-order valence-corrected chi connectivity index (χ4v) is 11.6. The lowest BCUT2D eigenvalue weighted by Gasteiger charge is -2.28. The zero-order valence-electron chi connectivity index (χ0n) is 71.1. The van der Waals surface area contributed by atoms with Gasteiger partial charge < -0.3 is 165 Å². The van der Waals surface area contributed by atoms with Crippen LogP contribution in [0.4, 0.5) is 0 Å². The molecule has 0 unspecified atom stereocenters. The standard InChI is InChI=1S/C76H121N25O27/c1-6-37(4)60(100-62(116)43(78)33-102)73(127)92-46(13-10-24-85-76(82)83)65(119)97-51(34-103)64(118)88-30-55(110)86-29-54(109)87-31-56(111)90-45(12-9-23-84-75(80)81)66(120)101-61(38(5)105)74(128)96-48(26-40-16-20-42(107)21-17-40)67(121)93-47(25-39-14-18-41(106)19-15-39)68(122)98-52(35-104)71(125)95-50(28-57(112)113)69(123)94-49(27-53(79)108)70(124)99-59(36(2)3)72(126)91-44(11-7-8-22-77)63(117)89-32-58(114)115/h14-21,36-38,43-52,59-61,102-107H,6-13,22-35,77-78H2,1-5H3,(H2,79,108)(H,86,110)(H,87,109)(H,88,118)(H,89,117)(H,90,111)(H,91,126)(H,92,127)(H,93,121)(H,94,123)(H,95,125)(H,96,128)(H,97,119)(H,98,122)(H,99,124)(H,100,116)(H,101,120)(H,112,113)(H,114,115)(H4,80,81,84)(H4,82,83,85)/t37-,38+,43-,44-,45-,46-,47-,48-,49-,50-,51-,52-,59-,60-,61-/m0/s1. The van der Waals surface area contributed by atoms with E-state index < -0.39 is 292 Å². The number of phenols is 2. The Hall–Kier alpha value is -13.7. The van der Waals surface area contributed by atoms with Crippen LogP contribution in [0.1, 0.15) is 110 Å². The van der Waals surface area contributed by atoms with Crippen molar-refractivity contribution in [2.45, 2.75) is 196 Å². The number of hydrogen-bond donors (Lipinski definition) is 33. The lowest BCUT2D eigenvalue weighted by atomic mass is 9.97. The Morgan fingerprint density at radius 3 is 1.16 bits per heavy atom. The number of hydrogen-bond acceptors (Lipinski definition) is 29. The fourth-order valence-electron chi connectivity index (χ4n) is 11.6. The summed E-state index contributed by atoms with van der Waals surface area (Å²) < 4.78 is 0. The number of carboxylic acid groups (broad SMARTS) is 2. The second-order valence-electron chi connectivity index (χ2n) is 29.7. The van der Waals surface area contributed by atoms with Crippen molar-refractivity contribution in [1.82, 2.24) is 95.7 Å². The minimum absolute atomic E-state index is 0.0351. The molecule has 15 atom stereocenters. The number of aliphatic carboxylic acids is 2. The zero-order chi connectivity index (χ0) is 96.6. The Balaban J connectivity index is 2.42. The summed E-state index contributed by atoms with van der Waals surface area (Å²) in [6, 6.07) is -12.6. The molecule has 0 fully saturated rings. The van der Waals surface area contributed by atoms with Crippen LogP contribution in [0.25, 0.3) is 0 Å². The van der Waals surface area contributed by atoms with Gasteiger partial charge in [0.1, 0.15) is 96.6 Å². The number of carbonyl (C=O) groups is 19. The van der Waals surface area contributed by atoms with Crippen LogP contribution in [-0.2, 0) is 104 Å². The third kappa shape index (κ3) is 42.3. The van der Waals surface area contributed by atoms with E-state index in [9.17, 15) is 127 Å². The summed E-state index contributed by atoms with van der Waals surface area (Å²) >= 11 is 0. The first-order valence-corrected chi connectivity index (χ1v) is 40.4. The highest BCUT2D eigenvalue weighted by atomic mass is 16.4. The number of carboxylic acids is 2. The van der Waals surface area contributed by atoms with Crippen LogP contribution in [0.5, 0.6) is 11.5 Å². The summed E-state index contributed by atoms with van der Waals surface area (Å²) in [4.78, 5) is 255. The monoisotopic (exact) mass is 1820 g/mol. The molecule has 712 valence electrons. The highest BCUT2D eigenvalue weighted by molar-refractivity contribution is 6.02. The van der Waals surface area contributed by atoms with E-state index in [2.05, 4.69) is 90.4 Å². The summed E-state index contributed by atoms with van der Waals surface area (Å²) in [7, 11) is 0. The van der Waals surface area contributed by atoms with Crippen LogP contribution in [-0.4, -0.2) is 315 Å². The quantitative estimate of drug-likeness (QED) is 0.0166. The maximum absolute atomic E-state index is 14.8. The molecule has 17 amide bonds. The van der Waals surface area contributed by atoms with Crippen molar-refractivity contribution in [1.29, 1.82) is 10.8 Å². The Morgan fingerprint density at radius 2 is 0.719 bits per heavy atom. The van der Waals surface area contributed by atoms with E-state index in [1.165, 1.54) is 62.4 Å². The number of aliphatic hydroxyl groups excluding tert-OH is 4. The number of amides is 17. The van der Waals surface area contributed by atoms with Gasteiger partial charge in [0.25, 0.3) is 0 Å². The third-order valence-corrected chi connectivity index (χ3v) is 18.9. The SMILES string of the molecule is CC[C@H](C)[C@H](NC(=O)[C@@H](N)CO)C(=O)N[C@@H](CCCNC(=N)N)C(=O)N[C@@H](CO)C(=O)NCC(=O)NCC(=O)NCC(=O)N[C@@H](CCCNC(=N)N)C(=O)N[C@H](C(=O)N[C@@H](Cc1ccc(O)cc1)C(=O)N[C@@H](Cc1ccc(O)cc1)C(=O)N[C@@H](CO)C(=O)N[C@@H](CC(=O)O)C(=O)N[C@@H](CC(N)=O)C(=O)N[C@H](C(=O)N[C@@H](CCCCN)C(=O)NCC(=O)O)C(C)C)[C@@H](C)O. The Bertz CT molecular complexity index is 4150. The predicted octanol–water partition coefficient (Wildman–Crippen LogP) is -13.4. The van der Waals surface area contributed by atoms with E-state index in [0.29, 0.717) is 12.8 Å². The van der Waals surface area contributed by atoms with Gasteiger partial charge in [-0.05, 0) is 106 Å². The van der Waals surface area contributed by atoms with Gasteiger partial charge >= 0.3 is 11.9 Å². The van der Waals surface area contributed by atoms with E-state index in [-0.39, 0.29) is 80.8 Å². The number of nitrogens with one attached hydrogen (secondary N) is 20. The number of phenolic OH excluding ortho intramolecular Hbond substituents is 2. The number of benzene rings is 2. The molecule has 0 aromatic heterocycles. The van der Waals surface area contributed by atoms with Crippen molar-refractivity contribution in [3.63, 3.8) is 0 Å². The molecule has 0 saturated carbocycles. The molecule has 128 heavy (non-hydrogen) atoms. The Kier molecular flexibility index (Phi) is 49.8. The number of nitrogens with two attached hydrogens (primary N) is 5. The minimum Gasteiger partial charge on any atom is -0.508 e. The molecular formula is C76H121N25O27. The number of unbranched alkanes of at least 4 members (excludes halogenated alkanes) is 1. The van der Waals surface area contributed by atoms with E-state index in [4.69, 9.17) is 44.6 Å². The molecule has 52 heteroatoms. The molecule has 0 aliphatic rings. The van der Waals surface area contributed by atoms with Gasteiger partial charge in [0.15, 0.2) is 11.9 Å². The molecule has 38 N–H and O–H groups in total. The molecule has 0 saturated heterocycles. The minimum atomic E-state index is -2.23. The first-order chi connectivity index (χ1) is 60.3. The number of aliphatic hydroxyl groups is 4. The van der Waals surface area contributed by atoms with Crippen LogP contribution >= 0.6 is 0 Å². The number of carbonyl (C=O) groups excluding carboxylic acids is 17. The van der Waals surface area contributed by atoms with Gasteiger partial charge in [0, 0.05) is 25.9 Å². The van der Waals surface area contributed by atoms with E-state index in [0.717, 1.165) is 6.92 Å². The van der Waals surface area contributed by atoms with Crippen molar-refractivity contribution >= 4 is 124 Å². The average molecular weight is 1820 g/mol. The lowest BCUT2D eigenvalue weighted by Crippen LogP contribution is -2.62. The molecule has 0 aliphatic heterocycles. The first kappa shape index (κ1) is 110. The summed E-state index contributed by atoms with van der Waals surface area (Å²) in [6.45, 7) is 0.840. The van der Waals surface area contributed by atoms with Gasteiger partial charge in [-0.2, -0.15) is 0 Å². The first-order valence-electron chi connectivity index (χ1n) is 40.4. The van der Waals surface area contributed by atoms with Crippen molar-refractivity contribution in [2.75, 3.05) is 65.6 Å². The maximum Gasteiger partial charge on any atom is 0.322 e. The van der Waals surface area contributed by atoms with Gasteiger partial charge in [-0.3, -0.25) is 102 Å². The van der Waals surface area contributed by atoms with Crippen molar-refractivity contribution in [3.8, 4) is 11.5 Å². The summed E-state index contributed by atoms with van der Waals surface area (Å²) in [5.41, 5.74) is 27.8. The van der Waals surface area contributed by atoms with Crippen LogP contribution in [0, 0.1) is 22.7 Å². The van der Waals surface area contributed by atoms with Gasteiger partial charge in [-0.1, -0.05) is 58.4 Å². The molecular weight excluding hydrogens is 1690 g/mol. The number of guanidine groups is 2. The van der Waals surface area contributed by atoms with Gasteiger partial charge in [-0.25, -0.2) is 0 Å². The fraction of sp³-hybridized carbons (Fsp3) is 0.566. The molecule has 52 nitrogen and oxygen atoms in total. The van der Waals surface area contributed by atoms with Crippen molar-refractivity contribution < 1.29 is 132 Å². The molecule has 0 bridgehead atoms. The topological polar surface area (TPSA) is 881 Å². The number of rotatable bonds is 60. The van der Waals surface area contributed by atoms with Crippen LogP contribution in [0.3, 0.4) is 0 Å². The van der Waals surface area contributed by atoms with Gasteiger partial charge in [0.2, 0.25) is 100 Å².